The molecule has 0 bridgehead atoms. The molecule has 1 aromatic carbocycles. The molecule has 5 heteroatoms. The van der Waals surface area contributed by atoms with Crippen LogP contribution in [-0.2, 0) is 4.74 Å². The number of alkyl carbamates (subject to hydrolysis) is 1. The van der Waals surface area contributed by atoms with E-state index in [4.69, 9.17) is 16.3 Å². The van der Waals surface area contributed by atoms with E-state index in [0.29, 0.717) is 11.6 Å². The van der Waals surface area contributed by atoms with Crippen LogP contribution in [0.5, 0.6) is 0 Å². The summed E-state index contributed by atoms with van der Waals surface area (Å²) in [4.78, 5) is 11.3. The van der Waals surface area contributed by atoms with Gasteiger partial charge in [-0.1, -0.05) is 31.5 Å². The van der Waals surface area contributed by atoms with E-state index in [1.165, 1.54) is 0 Å². The summed E-state index contributed by atoms with van der Waals surface area (Å²) in [7, 11) is 0. The molecule has 0 spiro atoms. The fraction of sp³-hybridized carbons (Fsp3) is 0.417. The molecule has 1 aromatic rings. The van der Waals surface area contributed by atoms with Crippen LogP contribution in [0.1, 0.15) is 25.5 Å². The molecule has 3 nitrogen and oxygen atoms in total. The molecule has 0 unspecified atom stereocenters. The second kappa shape index (κ2) is 4.50. The van der Waals surface area contributed by atoms with Crippen LogP contribution in [0, 0.1) is 5.41 Å². The van der Waals surface area contributed by atoms with Crippen molar-refractivity contribution in [3.8, 4) is 0 Å². The van der Waals surface area contributed by atoms with Gasteiger partial charge < -0.3 is 10.1 Å². The maximum absolute atomic E-state index is 11.3. The van der Waals surface area contributed by atoms with Gasteiger partial charge in [0, 0.05) is 9.89 Å². The normalized spacial score (nSPS) is 22.8. The van der Waals surface area contributed by atoms with Crippen LogP contribution in [0.2, 0.25) is 5.02 Å². The molecule has 1 heterocycles. The minimum absolute atomic E-state index is 0.0719. The summed E-state index contributed by atoms with van der Waals surface area (Å²) in [5.74, 6) is 0. The van der Waals surface area contributed by atoms with Crippen molar-refractivity contribution in [3.63, 3.8) is 0 Å². The fourth-order valence-corrected chi connectivity index (χ4v) is 2.43. The van der Waals surface area contributed by atoms with Crippen molar-refractivity contribution in [1.29, 1.82) is 0 Å². The van der Waals surface area contributed by atoms with Crippen molar-refractivity contribution >= 4 is 33.6 Å². The highest BCUT2D eigenvalue weighted by atomic mass is 79.9. The van der Waals surface area contributed by atoms with Gasteiger partial charge in [-0.05, 0) is 33.6 Å². The third-order valence-corrected chi connectivity index (χ3v) is 4.11. The Morgan fingerprint density at radius 2 is 2.24 bits per heavy atom. The van der Waals surface area contributed by atoms with Crippen molar-refractivity contribution in [2.24, 2.45) is 5.41 Å². The van der Waals surface area contributed by atoms with E-state index in [0.717, 1.165) is 10.0 Å². The average molecular weight is 319 g/mol. The number of benzene rings is 1. The van der Waals surface area contributed by atoms with E-state index in [-0.39, 0.29) is 17.6 Å². The van der Waals surface area contributed by atoms with Crippen LogP contribution in [0.15, 0.2) is 22.7 Å². The van der Waals surface area contributed by atoms with Crippen molar-refractivity contribution in [2.45, 2.75) is 19.9 Å². The summed E-state index contributed by atoms with van der Waals surface area (Å²) in [6.07, 6.45) is -0.375. The Kier molecular flexibility index (Phi) is 3.36. The Morgan fingerprint density at radius 3 is 2.88 bits per heavy atom. The monoisotopic (exact) mass is 317 g/mol. The lowest BCUT2D eigenvalue weighted by molar-refractivity contribution is 0.0387. The van der Waals surface area contributed by atoms with Gasteiger partial charge >= 0.3 is 6.09 Å². The van der Waals surface area contributed by atoms with E-state index >= 15 is 0 Å². The molecule has 0 aliphatic carbocycles. The summed E-state index contributed by atoms with van der Waals surface area (Å²) in [6, 6.07) is 5.60. The summed E-state index contributed by atoms with van der Waals surface area (Å²) in [5.41, 5.74) is 0.865. The van der Waals surface area contributed by atoms with E-state index < -0.39 is 0 Å². The first-order valence-corrected chi connectivity index (χ1v) is 6.45. The highest BCUT2D eigenvalue weighted by Gasteiger charge is 2.37. The standard InChI is InChI=1S/C12H13BrClNO2/c1-12(2)6-17-11(16)15-10(12)7-3-4-9(14)8(13)5-7/h3-5,10H,6H2,1-2H3,(H,15,16)/t10-/m0/s1. The zero-order valence-electron chi connectivity index (χ0n) is 9.59. The number of amides is 1. The number of hydrogen-bond acceptors (Lipinski definition) is 2. The Balaban J connectivity index is 2.36. The first-order valence-electron chi connectivity index (χ1n) is 5.28. The number of hydrogen-bond donors (Lipinski definition) is 1. The number of cyclic esters (lactones) is 1. The molecule has 0 aromatic heterocycles. The van der Waals surface area contributed by atoms with Gasteiger partial charge in [0.2, 0.25) is 0 Å². The molecule has 1 aliphatic heterocycles. The lowest BCUT2D eigenvalue weighted by atomic mass is 9.80. The lowest BCUT2D eigenvalue weighted by Gasteiger charge is -2.38. The van der Waals surface area contributed by atoms with E-state index in [2.05, 4.69) is 35.1 Å². The third kappa shape index (κ3) is 2.58. The lowest BCUT2D eigenvalue weighted by Crippen LogP contribution is -2.46. The summed E-state index contributed by atoms with van der Waals surface area (Å²) in [5, 5.41) is 3.50. The topological polar surface area (TPSA) is 38.3 Å². The fourth-order valence-electron chi connectivity index (χ4n) is 1.92. The molecule has 1 aliphatic rings. The Hall–Kier alpha value is -0.740. The number of carbonyl (C=O) groups is 1. The van der Waals surface area contributed by atoms with Gasteiger partial charge in [-0.15, -0.1) is 0 Å². The van der Waals surface area contributed by atoms with Gasteiger partial charge in [0.05, 0.1) is 11.1 Å². The molecule has 1 N–H and O–H groups in total. The van der Waals surface area contributed by atoms with Gasteiger partial charge in [0.1, 0.15) is 6.61 Å². The number of ether oxygens (including phenoxy) is 1. The summed E-state index contributed by atoms with van der Waals surface area (Å²) < 4.78 is 5.84. The smallest absolute Gasteiger partial charge is 0.407 e. The van der Waals surface area contributed by atoms with Gasteiger partial charge in [0.15, 0.2) is 0 Å². The Morgan fingerprint density at radius 1 is 1.53 bits per heavy atom. The Labute approximate surface area is 114 Å². The van der Waals surface area contributed by atoms with Crippen LogP contribution in [0.4, 0.5) is 4.79 Å². The molecule has 0 saturated carbocycles. The number of nitrogens with one attached hydrogen (secondary N) is 1. The molecule has 1 fully saturated rings. The zero-order chi connectivity index (χ0) is 12.6. The highest BCUT2D eigenvalue weighted by molar-refractivity contribution is 9.10. The van der Waals surface area contributed by atoms with Crippen molar-refractivity contribution in [3.05, 3.63) is 33.3 Å². The second-order valence-electron chi connectivity index (χ2n) is 4.82. The first kappa shape index (κ1) is 12.7. The third-order valence-electron chi connectivity index (χ3n) is 2.90. The van der Waals surface area contributed by atoms with Gasteiger partial charge in [-0.2, -0.15) is 0 Å². The summed E-state index contributed by atoms with van der Waals surface area (Å²) >= 11 is 9.35. The molecule has 1 amide bonds. The van der Waals surface area contributed by atoms with Gasteiger partial charge in [-0.25, -0.2) is 4.79 Å². The zero-order valence-corrected chi connectivity index (χ0v) is 11.9. The maximum atomic E-state index is 11.3. The van der Waals surface area contributed by atoms with E-state index in [9.17, 15) is 4.79 Å². The minimum atomic E-state index is -0.375. The molecule has 92 valence electrons. The molecule has 0 radical (unpaired) electrons. The molecule has 2 rings (SSSR count). The largest absolute Gasteiger partial charge is 0.449 e. The van der Waals surface area contributed by atoms with Crippen LogP contribution < -0.4 is 5.32 Å². The first-order chi connectivity index (χ1) is 7.90. The summed E-state index contributed by atoms with van der Waals surface area (Å²) in [6.45, 7) is 4.52. The average Bonchev–Trinajstić information content (AvgIpc) is 2.26. The molecular formula is C12H13BrClNO2. The minimum Gasteiger partial charge on any atom is -0.449 e. The van der Waals surface area contributed by atoms with Gasteiger partial charge in [-0.3, -0.25) is 0 Å². The van der Waals surface area contributed by atoms with E-state index in [1.807, 2.05) is 18.2 Å². The molecular weight excluding hydrogens is 305 g/mol. The second-order valence-corrected chi connectivity index (χ2v) is 6.08. The van der Waals surface area contributed by atoms with Crippen molar-refractivity contribution in [2.75, 3.05) is 6.61 Å². The SMILES string of the molecule is CC1(C)COC(=O)N[C@H]1c1ccc(Cl)c(Br)c1. The predicted molar refractivity (Wildman–Crippen MR) is 70.2 cm³/mol. The van der Waals surface area contributed by atoms with Crippen LogP contribution in [-0.4, -0.2) is 12.7 Å². The van der Waals surface area contributed by atoms with Crippen LogP contribution in [0.3, 0.4) is 0 Å². The van der Waals surface area contributed by atoms with Crippen molar-refractivity contribution < 1.29 is 9.53 Å². The predicted octanol–water partition coefficient (Wildman–Crippen LogP) is 3.91. The van der Waals surface area contributed by atoms with Crippen LogP contribution >= 0.6 is 27.5 Å². The molecule has 17 heavy (non-hydrogen) atoms. The van der Waals surface area contributed by atoms with Crippen molar-refractivity contribution in [1.82, 2.24) is 5.32 Å². The van der Waals surface area contributed by atoms with E-state index in [1.54, 1.807) is 0 Å². The quantitative estimate of drug-likeness (QED) is 0.852. The molecule has 1 atom stereocenters. The van der Waals surface area contributed by atoms with Gasteiger partial charge in [0.25, 0.3) is 0 Å². The number of carbonyl (C=O) groups excluding carboxylic acids is 1. The van der Waals surface area contributed by atoms with Crippen LogP contribution in [0.25, 0.3) is 0 Å². The number of rotatable bonds is 1. The Bertz CT molecular complexity index is 462. The highest BCUT2D eigenvalue weighted by Crippen LogP contribution is 2.38. The number of halogens is 2. The molecule has 1 saturated heterocycles. The maximum Gasteiger partial charge on any atom is 0.407 e.